The van der Waals surface area contributed by atoms with Crippen molar-refractivity contribution in [1.29, 1.82) is 0 Å². The van der Waals surface area contributed by atoms with Crippen molar-refractivity contribution in [2.45, 2.75) is 6.42 Å². The number of nitrogens with zero attached hydrogens (tertiary/aromatic N) is 1. The number of benzene rings is 2. The lowest BCUT2D eigenvalue weighted by Gasteiger charge is -2.14. The summed E-state index contributed by atoms with van der Waals surface area (Å²) in [5, 5.41) is 3.09. The highest BCUT2D eigenvalue weighted by atomic mass is 16.5. The van der Waals surface area contributed by atoms with Gasteiger partial charge in [0.25, 0.3) is 0 Å². The Morgan fingerprint density at radius 1 is 0.955 bits per heavy atom. The van der Waals surface area contributed by atoms with E-state index in [2.05, 4.69) is 24.3 Å². The van der Waals surface area contributed by atoms with Crippen LogP contribution in [0.3, 0.4) is 0 Å². The lowest BCUT2D eigenvalue weighted by molar-refractivity contribution is 0.272. The summed E-state index contributed by atoms with van der Waals surface area (Å²) in [6.07, 6.45) is 0.984. The maximum absolute atomic E-state index is 5.92. The molecule has 0 aliphatic carbocycles. The molecule has 0 amide bonds. The van der Waals surface area contributed by atoms with Gasteiger partial charge < -0.3 is 19.7 Å². The molecule has 0 aliphatic heterocycles. The molecular formula is C18H24N2O2. The molecule has 4 nitrogen and oxygen atoms in total. The van der Waals surface area contributed by atoms with E-state index in [9.17, 15) is 0 Å². The van der Waals surface area contributed by atoms with Gasteiger partial charge in [0.05, 0.1) is 6.61 Å². The van der Waals surface area contributed by atoms with Gasteiger partial charge in [-0.3, -0.25) is 0 Å². The minimum atomic E-state index is 0.678. The molecule has 2 rings (SSSR count). The second kappa shape index (κ2) is 8.29. The molecule has 0 unspecified atom stereocenters. The number of hydrogen-bond acceptors (Lipinski definition) is 4. The van der Waals surface area contributed by atoms with Gasteiger partial charge in [-0.2, -0.15) is 0 Å². The number of anilines is 1. The molecule has 0 spiro atoms. The van der Waals surface area contributed by atoms with E-state index in [4.69, 9.17) is 9.47 Å². The zero-order valence-corrected chi connectivity index (χ0v) is 13.5. The van der Waals surface area contributed by atoms with E-state index in [1.807, 2.05) is 55.6 Å². The molecule has 22 heavy (non-hydrogen) atoms. The third kappa shape index (κ3) is 4.97. The lowest BCUT2D eigenvalue weighted by Crippen LogP contribution is -2.15. The van der Waals surface area contributed by atoms with Crippen LogP contribution >= 0.6 is 0 Å². The van der Waals surface area contributed by atoms with E-state index < -0.39 is 0 Å². The highest BCUT2D eigenvalue weighted by molar-refractivity contribution is 5.48. The predicted octanol–water partition coefficient (Wildman–Crippen LogP) is 3.85. The van der Waals surface area contributed by atoms with Gasteiger partial charge in [0, 0.05) is 19.3 Å². The van der Waals surface area contributed by atoms with Crippen LogP contribution < -0.4 is 14.8 Å². The lowest BCUT2D eigenvalue weighted by atomic mass is 10.3. The molecule has 0 bridgehead atoms. The quantitative estimate of drug-likeness (QED) is 0.751. The van der Waals surface area contributed by atoms with Gasteiger partial charge in [-0.1, -0.05) is 12.1 Å². The largest absolute Gasteiger partial charge is 0.490 e. The van der Waals surface area contributed by atoms with E-state index in [0.717, 1.165) is 35.9 Å². The molecule has 0 aliphatic rings. The molecule has 4 heteroatoms. The summed E-state index contributed by atoms with van der Waals surface area (Å²) in [4.78, 5) is 2.15. The Hall–Kier alpha value is -2.20. The molecule has 118 valence electrons. The van der Waals surface area contributed by atoms with Gasteiger partial charge in [0.15, 0.2) is 11.5 Å². The molecule has 1 N–H and O–H groups in total. The topological polar surface area (TPSA) is 33.7 Å². The van der Waals surface area contributed by atoms with Crippen molar-refractivity contribution >= 4 is 5.69 Å². The Morgan fingerprint density at radius 2 is 1.64 bits per heavy atom. The Kier molecular flexibility index (Phi) is 6.10. The molecular weight excluding hydrogens is 276 g/mol. The van der Waals surface area contributed by atoms with Crippen LogP contribution in [-0.2, 0) is 0 Å². The second-order valence-corrected chi connectivity index (χ2v) is 5.33. The molecule has 0 fully saturated rings. The summed E-state index contributed by atoms with van der Waals surface area (Å²) in [6.45, 7) is 1.69. The maximum Gasteiger partial charge on any atom is 0.169 e. The first-order chi connectivity index (χ1) is 10.7. The maximum atomic E-state index is 5.92. The van der Waals surface area contributed by atoms with Crippen molar-refractivity contribution in [3.8, 4) is 17.2 Å². The molecule has 2 aromatic carbocycles. The van der Waals surface area contributed by atoms with Gasteiger partial charge in [-0.15, -0.1) is 0 Å². The monoisotopic (exact) mass is 300 g/mol. The van der Waals surface area contributed by atoms with Gasteiger partial charge in [-0.05, 0) is 56.9 Å². The number of rotatable bonds is 8. The summed E-state index contributed by atoms with van der Waals surface area (Å²) in [5.74, 6) is 2.31. The normalized spacial score (nSPS) is 10.5. The van der Waals surface area contributed by atoms with Crippen molar-refractivity contribution in [2.24, 2.45) is 0 Å². The van der Waals surface area contributed by atoms with E-state index in [0.29, 0.717) is 6.61 Å². The van der Waals surface area contributed by atoms with Gasteiger partial charge in [-0.25, -0.2) is 0 Å². The zero-order valence-electron chi connectivity index (χ0n) is 13.5. The van der Waals surface area contributed by atoms with Crippen molar-refractivity contribution in [3.05, 3.63) is 48.5 Å². The first-order valence-electron chi connectivity index (χ1n) is 7.51. The standard InChI is InChI=1S/C18H24N2O2/c1-19-15-9-11-16(12-10-15)22-18-8-5-4-7-17(18)21-14-6-13-20(2)3/h4-5,7-12,19H,6,13-14H2,1-3H3. The fraction of sp³-hybridized carbons (Fsp3) is 0.333. The van der Waals surface area contributed by atoms with Crippen LogP contribution in [0.5, 0.6) is 17.2 Å². The molecule has 0 radical (unpaired) electrons. The van der Waals surface area contributed by atoms with Crippen molar-refractivity contribution < 1.29 is 9.47 Å². The molecule has 2 aromatic rings. The highest BCUT2D eigenvalue weighted by Crippen LogP contribution is 2.31. The fourth-order valence-corrected chi connectivity index (χ4v) is 2.03. The van der Waals surface area contributed by atoms with E-state index >= 15 is 0 Å². The van der Waals surface area contributed by atoms with Crippen LogP contribution in [0.15, 0.2) is 48.5 Å². The second-order valence-electron chi connectivity index (χ2n) is 5.33. The average molecular weight is 300 g/mol. The Labute approximate surface area is 132 Å². The average Bonchev–Trinajstić information content (AvgIpc) is 2.53. The van der Waals surface area contributed by atoms with E-state index in [1.165, 1.54) is 0 Å². The van der Waals surface area contributed by atoms with Gasteiger partial charge in [0.1, 0.15) is 5.75 Å². The Morgan fingerprint density at radius 3 is 2.27 bits per heavy atom. The molecule has 0 saturated carbocycles. The third-order valence-corrected chi connectivity index (χ3v) is 3.23. The first kappa shape index (κ1) is 16.2. The van der Waals surface area contributed by atoms with Crippen molar-refractivity contribution in [1.82, 2.24) is 4.90 Å². The first-order valence-corrected chi connectivity index (χ1v) is 7.51. The zero-order chi connectivity index (χ0) is 15.8. The Balaban J connectivity index is 1.97. The minimum absolute atomic E-state index is 0.678. The van der Waals surface area contributed by atoms with Crippen LogP contribution in [0.1, 0.15) is 6.42 Å². The summed E-state index contributed by atoms with van der Waals surface area (Å²) in [7, 11) is 6.02. The van der Waals surface area contributed by atoms with Crippen molar-refractivity contribution in [3.63, 3.8) is 0 Å². The van der Waals surface area contributed by atoms with Crippen LogP contribution in [0, 0.1) is 0 Å². The summed E-state index contributed by atoms with van der Waals surface area (Å²) < 4.78 is 11.8. The van der Waals surface area contributed by atoms with Crippen LogP contribution in [0.25, 0.3) is 0 Å². The summed E-state index contributed by atoms with van der Waals surface area (Å²) >= 11 is 0. The van der Waals surface area contributed by atoms with Crippen LogP contribution in [0.2, 0.25) is 0 Å². The minimum Gasteiger partial charge on any atom is -0.490 e. The van der Waals surface area contributed by atoms with E-state index in [-0.39, 0.29) is 0 Å². The van der Waals surface area contributed by atoms with Gasteiger partial charge >= 0.3 is 0 Å². The number of hydrogen-bond donors (Lipinski definition) is 1. The van der Waals surface area contributed by atoms with Crippen molar-refractivity contribution in [2.75, 3.05) is 39.6 Å². The molecule has 0 heterocycles. The number of ether oxygens (including phenoxy) is 2. The molecule has 0 aromatic heterocycles. The van der Waals surface area contributed by atoms with Crippen LogP contribution in [-0.4, -0.2) is 39.2 Å². The molecule has 0 saturated heterocycles. The van der Waals surface area contributed by atoms with E-state index in [1.54, 1.807) is 0 Å². The number of para-hydroxylation sites is 2. The Bertz CT molecular complexity index is 568. The SMILES string of the molecule is CNc1ccc(Oc2ccccc2OCCCN(C)C)cc1. The van der Waals surface area contributed by atoms with Crippen LogP contribution in [0.4, 0.5) is 5.69 Å². The smallest absolute Gasteiger partial charge is 0.169 e. The fourth-order valence-electron chi connectivity index (χ4n) is 2.03. The molecule has 0 atom stereocenters. The van der Waals surface area contributed by atoms with Gasteiger partial charge in [0.2, 0.25) is 0 Å². The predicted molar refractivity (Wildman–Crippen MR) is 91.2 cm³/mol. The third-order valence-electron chi connectivity index (χ3n) is 3.23. The number of nitrogens with one attached hydrogen (secondary N) is 1. The summed E-state index contributed by atoms with van der Waals surface area (Å²) in [6, 6.07) is 15.6. The summed E-state index contributed by atoms with van der Waals surface area (Å²) in [5.41, 5.74) is 1.06. The highest BCUT2D eigenvalue weighted by Gasteiger charge is 2.05.